The largest absolute Gasteiger partial charge is 0.505 e. The zero-order valence-corrected chi connectivity index (χ0v) is 16.4. The van der Waals surface area contributed by atoms with Crippen LogP contribution in [-0.2, 0) is 9.47 Å². The maximum Gasteiger partial charge on any atom is 0.156 e. The van der Waals surface area contributed by atoms with Gasteiger partial charge in [-0.3, -0.25) is 0 Å². The first-order valence-corrected chi connectivity index (χ1v) is 9.05. The molecule has 0 saturated heterocycles. The van der Waals surface area contributed by atoms with Gasteiger partial charge in [-0.15, -0.1) is 0 Å². The SMILES string of the molecule is COC=CC1(C=COC)CC(C(Br)Oc2cccc(I)c2)C1. The molecule has 22 heavy (non-hydrogen) atoms. The Balaban J connectivity index is 1.95. The number of halogens is 2. The molecule has 0 heterocycles. The zero-order valence-electron chi connectivity index (χ0n) is 12.7. The quantitative estimate of drug-likeness (QED) is 0.309. The van der Waals surface area contributed by atoms with Gasteiger partial charge in [-0.05, 0) is 81.7 Å². The van der Waals surface area contributed by atoms with Crippen molar-refractivity contribution in [3.8, 4) is 5.75 Å². The van der Waals surface area contributed by atoms with Gasteiger partial charge < -0.3 is 14.2 Å². The lowest BCUT2D eigenvalue weighted by molar-refractivity contribution is 0.0796. The molecule has 0 aromatic heterocycles. The molecule has 1 unspecified atom stereocenters. The van der Waals surface area contributed by atoms with Gasteiger partial charge in [0.2, 0.25) is 0 Å². The summed E-state index contributed by atoms with van der Waals surface area (Å²) in [6.07, 6.45) is 9.63. The first-order valence-electron chi connectivity index (χ1n) is 7.06. The second-order valence-corrected chi connectivity index (χ2v) is 7.55. The van der Waals surface area contributed by atoms with Crippen molar-refractivity contribution in [2.45, 2.75) is 17.9 Å². The van der Waals surface area contributed by atoms with E-state index in [-0.39, 0.29) is 10.4 Å². The molecular formula is C17H20BrIO3. The molecule has 5 heteroatoms. The Morgan fingerprint density at radius 3 is 2.41 bits per heavy atom. The third-order valence-electron chi connectivity index (χ3n) is 3.77. The first-order chi connectivity index (χ1) is 10.6. The minimum absolute atomic E-state index is 0.00280. The van der Waals surface area contributed by atoms with Gasteiger partial charge in [-0.1, -0.05) is 6.07 Å². The molecule has 1 aliphatic rings. The molecule has 1 saturated carbocycles. The summed E-state index contributed by atoms with van der Waals surface area (Å²) >= 11 is 5.96. The van der Waals surface area contributed by atoms with Crippen LogP contribution >= 0.6 is 38.5 Å². The number of hydrogen-bond donors (Lipinski definition) is 0. The van der Waals surface area contributed by atoms with Gasteiger partial charge in [-0.25, -0.2) is 0 Å². The standard InChI is InChI=1S/C17H20BrIO3/c1-20-8-6-17(7-9-21-2)11-13(12-17)16(18)22-15-5-3-4-14(19)10-15/h3-10,13,16H,11-12H2,1-2H3. The summed E-state index contributed by atoms with van der Waals surface area (Å²) in [5.74, 6) is 1.34. The number of alkyl halides is 1. The molecule has 0 amide bonds. The highest BCUT2D eigenvalue weighted by atomic mass is 127. The average molecular weight is 479 g/mol. The Kier molecular flexibility index (Phi) is 6.62. The van der Waals surface area contributed by atoms with E-state index in [1.165, 1.54) is 3.57 Å². The molecule has 1 aromatic carbocycles. The van der Waals surface area contributed by atoms with E-state index in [1.54, 1.807) is 26.7 Å². The van der Waals surface area contributed by atoms with Gasteiger partial charge in [0.25, 0.3) is 0 Å². The van der Waals surface area contributed by atoms with Crippen molar-refractivity contribution in [3.05, 3.63) is 52.5 Å². The number of allylic oxidation sites excluding steroid dienone is 2. The van der Waals surface area contributed by atoms with Crippen molar-refractivity contribution in [1.29, 1.82) is 0 Å². The van der Waals surface area contributed by atoms with E-state index >= 15 is 0 Å². The van der Waals surface area contributed by atoms with Gasteiger partial charge >= 0.3 is 0 Å². The third-order valence-corrected chi connectivity index (χ3v) is 5.38. The molecule has 0 N–H and O–H groups in total. The molecule has 0 bridgehead atoms. The monoisotopic (exact) mass is 478 g/mol. The summed E-state index contributed by atoms with van der Waals surface area (Å²) in [6.45, 7) is 0. The van der Waals surface area contributed by atoms with Crippen LogP contribution in [0.1, 0.15) is 12.8 Å². The molecular weight excluding hydrogens is 459 g/mol. The summed E-state index contributed by atoms with van der Waals surface area (Å²) in [5, 5.41) is 0.00529. The highest BCUT2D eigenvalue weighted by Crippen LogP contribution is 2.51. The van der Waals surface area contributed by atoms with E-state index < -0.39 is 0 Å². The van der Waals surface area contributed by atoms with Crippen LogP contribution in [0.5, 0.6) is 5.75 Å². The van der Waals surface area contributed by atoms with Gasteiger partial charge in [0.15, 0.2) is 5.01 Å². The second kappa shape index (κ2) is 8.24. The second-order valence-electron chi connectivity index (χ2n) is 5.40. The molecule has 1 atom stereocenters. The molecule has 0 radical (unpaired) electrons. The Hall–Kier alpha value is -0.690. The van der Waals surface area contributed by atoms with Crippen molar-refractivity contribution in [3.63, 3.8) is 0 Å². The van der Waals surface area contributed by atoms with E-state index in [1.807, 2.05) is 18.2 Å². The van der Waals surface area contributed by atoms with Crippen LogP contribution in [0.2, 0.25) is 0 Å². The Morgan fingerprint density at radius 2 is 1.86 bits per heavy atom. The fourth-order valence-electron chi connectivity index (χ4n) is 2.60. The van der Waals surface area contributed by atoms with Crippen LogP contribution in [-0.4, -0.2) is 19.2 Å². The molecule has 1 fully saturated rings. The topological polar surface area (TPSA) is 27.7 Å². The molecule has 0 spiro atoms. The van der Waals surface area contributed by atoms with Crippen molar-refractivity contribution < 1.29 is 14.2 Å². The predicted molar refractivity (Wildman–Crippen MR) is 100.0 cm³/mol. The lowest BCUT2D eigenvalue weighted by atomic mass is 9.62. The summed E-state index contributed by atoms with van der Waals surface area (Å²) in [7, 11) is 3.32. The first kappa shape index (κ1) is 17.7. The Labute approximate surface area is 154 Å². The van der Waals surface area contributed by atoms with Crippen LogP contribution in [0.15, 0.2) is 48.9 Å². The fraction of sp³-hybridized carbons (Fsp3) is 0.412. The summed E-state index contributed by atoms with van der Waals surface area (Å²) in [5.41, 5.74) is -0.00280. The fourth-order valence-corrected chi connectivity index (χ4v) is 3.71. The van der Waals surface area contributed by atoms with Crippen molar-refractivity contribution >= 4 is 38.5 Å². The molecule has 120 valence electrons. The highest BCUT2D eigenvalue weighted by molar-refractivity contribution is 14.1. The number of rotatable bonds is 7. The molecule has 2 rings (SSSR count). The van der Waals surface area contributed by atoms with Crippen LogP contribution in [0.3, 0.4) is 0 Å². The zero-order chi connectivity index (χ0) is 16.0. The van der Waals surface area contributed by atoms with Crippen molar-refractivity contribution in [1.82, 2.24) is 0 Å². The average Bonchev–Trinajstić information content (AvgIpc) is 2.45. The minimum Gasteiger partial charge on any atom is -0.505 e. The lowest BCUT2D eigenvalue weighted by Crippen LogP contribution is -2.40. The lowest BCUT2D eigenvalue weighted by Gasteiger charge is -2.45. The van der Waals surface area contributed by atoms with Crippen LogP contribution in [0.4, 0.5) is 0 Å². The maximum absolute atomic E-state index is 6.00. The Morgan fingerprint density at radius 1 is 1.23 bits per heavy atom. The summed E-state index contributed by atoms with van der Waals surface area (Å²) < 4.78 is 17.3. The van der Waals surface area contributed by atoms with Crippen LogP contribution < -0.4 is 4.74 Å². The smallest absolute Gasteiger partial charge is 0.156 e. The summed E-state index contributed by atoms with van der Waals surface area (Å²) in [4.78, 5) is 0. The third kappa shape index (κ3) is 4.65. The van der Waals surface area contributed by atoms with E-state index in [2.05, 4.69) is 56.7 Å². The molecule has 1 aliphatic carbocycles. The number of hydrogen-bond acceptors (Lipinski definition) is 3. The number of methoxy groups -OCH3 is 2. The molecule has 1 aromatic rings. The van der Waals surface area contributed by atoms with Crippen molar-refractivity contribution in [2.24, 2.45) is 11.3 Å². The molecule has 3 nitrogen and oxygen atoms in total. The molecule has 0 aliphatic heterocycles. The van der Waals surface area contributed by atoms with E-state index in [0.717, 1.165) is 18.6 Å². The van der Waals surface area contributed by atoms with Gasteiger partial charge in [0, 0.05) is 14.9 Å². The van der Waals surface area contributed by atoms with Gasteiger partial charge in [-0.2, -0.15) is 0 Å². The van der Waals surface area contributed by atoms with Crippen LogP contribution in [0.25, 0.3) is 0 Å². The van der Waals surface area contributed by atoms with Gasteiger partial charge in [0.1, 0.15) is 5.75 Å². The highest BCUT2D eigenvalue weighted by Gasteiger charge is 2.44. The number of ether oxygens (including phenoxy) is 3. The minimum atomic E-state index is -0.00280. The summed E-state index contributed by atoms with van der Waals surface area (Å²) in [6, 6.07) is 8.08. The van der Waals surface area contributed by atoms with E-state index in [9.17, 15) is 0 Å². The Bertz CT molecular complexity index is 522. The predicted octanol–water partition coefficient (Wildman–Crippen LogP) is 5.11. The van der Waals surface area contributed by atoms with Crippen molar-refractivity contribution in [2.75, 3.05) is 14.2 Å². The van der Waals surface area contributed by atoms with Crippen LogP contribution in [0, 0.1) is 14.9 Å². The maximum atomic E-state index is 6.00. The number of benzene rings is 1. The van der Waals surface area contributed by atoms with Gasteiger partial charge in [0.05, 0.1) is 26.7 Å². The van der Waals surface area contributed by atoms with E-state index in [4.69, 9.17) is 14.2 Å². The normalized spacial score (nSPS) is 25.9. The van der Waals surface area contributed by atoms with E-state index in [0.29, 0.717) is 5.92 Å².